The molecule has 3 heteroatoms. The number of carbonyl (C=O) groups is 1. The van der Waals surface area contributed by atoms with Gasteiger partial charge in [0.1, 0.15) is 5.75 Å². The number of rotatable bonds is 2. The third-order valence-corrected chi connectivity index (χ3v) is 2.01. The number of hydrogen-bond donors (Lipinski definition) is 2. The van der Waals surface area contributed by atoms with E-state index in [-0.39, 0.29) is 11.5 Å². The summed E-state index contributed by atoms with van der Waals surface area (Å²) in [5.41, 5.74) is 7.13. The molecular formula is C10H13NO2. The van der Waals surface area contributed by atoms with E-state index in [4.69, 9.17) is 5.73 Å². The number of hydrogen-bond acceptors (Lipinski definition) is 3. The van der Waals surface area contributed by atoms with Crippen molar-refractivity contribution in [2.45, 2.75) is 20.3 Å². The van der Waals surface area contributed by atoms with E-state index in [1.165, 1.54) is 13.0 Å². The van der Waals surface area contributed by atoms with Crippen molar-refractivity contribution in [3.05, 3.63) is 23.3 Å². The summed E-state index contributed by atoms with van der Waals surface area (Å²) in [7, 11) is 0. The molecule has 0 saturated carbocycles. The van der Waals surface area contributed by atoms with Crippen LogP contribution in [0.3, 0.4) is 0 Å². The van der Waals surface area contributed by atoms with Gasteiger partial charge in [0.2, 0.25) is 0 Å². The summed E-state index contributed by atoms with van der Waals surface area (Å²) in [5, 5.41) is 9.41. The van der Waals surface area contributed by atoms with Gasteiger partial charge in [-0.3, -0.25) is 4.79 Å². The highest BCUT2D eigenvalue weighted by Crippen LogP contribution is 2.24. The SMILES string of the molecule is CCc1cc(C(C)=O)c(N)cc1O. The molecule has 0 fully saturated rings. The predicted molar refractivity (Wildman–Crippen MR) is 51.9 cm³/mol. The molecule has 0 aliphatic carbocycles. The van der Waals surface area contributed by atoms with Gasteiger partial charge >= 0.3 is 0 Å². The largest absolute Gasteiger partial charge is 0.508 e. The fraction of sp³-hybridized carbons (Fsp3) is 0.300. The molecule has 0 heterocycles. The van der Waals surface area contributed by atoms with Gasteiger partial charge in [-0.25, -0.2) is 0 Å². The quantitative estimate of drug-likeness (QED) is 0.537. The van der Waals surface area contributed by atoms with Crippen LogP contribution in [0.5, 0.6) is 5.75 Å². The number of phenols is 1. The fourth-order valence-corrected chi connectivity index (χ4v) is 1.24. The van der Waals surface area contributed by atoms with E-state index >= 15 is 0 Å². The average Bonchev–Trinajstić information content (AvgIpc) is 2.03. The molecule has 0 spiro atoms. The summed E-state index contributed by atoms with van der Waals surface area (Å²) in [4.78, 5) is 11.1. The first-order chi connectivity index (χ1) is 6.06. The van der Waals surface area contributed by atoms with Crippen LogP contribution in [0.4, 0.5) is 5.69 Å². The molecule has 0 unspecified atom stereocenters. The number of aromatic hydroxyl groups is 1. The minimum atomic E-state index is -0.0767. The summed E-state index contributed by atoms with van der Waals surface area (Å²) < 4.78 is 0. The van der Waals surface area contributed by atoms with Crippen molar-refractivity contribution in [2.24, 2.45) is 0 Å². The highest BCUT2D eigenvalue weighted by atomic mass is 16.3. The van der Waals surface area contributed by atoms with E-state index in [0.29, 0.717) is 17.7 Å². The molecule has 1 aromatic carbocycles. The summed E-state index contributed by atoms with van der Waals surface area (Å²) in [5.74, 6) is 0.0807. The summed E-state index contributed by atoms with van der Waals surface area (Å²) in [6, 6.07) is 3.07. The maximum absolute atomic E-state index is 11.1. The van der Waals surface area contributed by atoms with Crippen molar-refractivity contribution < 1.29 is 9.90 Å². The van der Waals surface area contributed by atoms with Crippen molar-refractivity contribution in [1.29, 1.82) is 0 Å². The summed E-state index contributed by atoms with van der Waals surface area (Å²) >= 11 is 0. The van der Waals surface area contributed by atoms with Gasteiger partial charge in [-0.2, -0.15) is 0 Å². The smallest absolute Gasteiger partial charge is 0.161 e. The highest BCUT2D eigenvalue weighted by molar-refractivity contribution is 5.99. The number of carbonyl (C=O) groups excluding carboxylic acids is 1. The van der Waals surface area contributed by atoms with E-state index in [1.807, 2.05) is 6.92 Å². The van der Waals surface area contributed by atoms with E-state index < -0.39 is 0 Å². The van der Waals surface area contributed by atoms with Gasteiger partial charge in [-0.05, 0) is 25.0 Å². The van der Waals surface area contributed by atoms with Crippen LogP contribution in [0, 0.1) is 0 Å². The van der Waals surface area contributed by atoms with E-state index in [1.54, 1.807) is 6.07 Å². The zero-order valence-electron chi connectivity index (χ0n) is 7.79. The topological polar surface area (TPSA) is 63.3 Å². The number of nitrogens with two attached hydrogens (primary N) is 1. The Morgan fingerprint density at radius 1 is 1.54 bits per heavy atom. The van der Waals surface area contributed by atoms with E-state index in [0.717, 1.165) is 5.56 Å². The van der Waals surface area contributed by atoms with Crippen LogP contribution in [-0.4, -0.2) is 10.9 Å². The molecule has 0 radical (unpaired) electrons. The van der Waals surface area contributed by atoms with Crippen molar-refractivity contribution in [3.8, 4) is 5.75 Å². The third-order valence-electron chi connectivity index (χ3n) is 2.01. The number of anilines is 1. The number of ketones is 1. The molecule has 13 heavy (non-hydrogen) atoms. The molecule has 1 aromatic rings. The van der Waals surface area contributed by atoms with Crippen LogP contribution in [-0.2, 0) is 6.42 Å². The van der Waals surface area contributed by atoms with Crippen molar-refractivity contribution in [1.82, 2.24) is 0 Å². The van der Waals surface area contributed by atoms with Crippen LogP contribution >= 0.6 is 0 Å². The minimum Gasteiger partial charge on any atom is -0.508 e. The molecule has 0 aliphatic rings. The molecule has 0 saturated heterocycles. The van der Waals surface area contributed by atoms with Crippen molar-refractivity contribution in [3.63, 3.8) is 0 Å². The fourth-order valence-electron chi connectivity index (χ4n) is 1.24. The van der Waals surface area contributed by atoms with E-state index in [9.17, 15) is 9.90 Å². The lowest BCUT2D eigenvalue weighted by Crippen LogP contribution is -2.00. The number of Topliss-reactive ketones (excluding diaryl/α,β-unsaturated/α-hetero) is 1. The van der Waals surface area contributed by atoms with Gasteiger partial charge in [0.15, 0.2) is 5.78 Å². The zero-order valence-corrected chi connectivity index (χ0v) is 7.79. The Kier molecular flexibility index (Phi) is 2.56. The second-order valence-electron chi connectivity index (χ2n) is 2.98. The second kappa shape index (κ2) is 3.47. The zero-order chi connectivity index (χ0) is 10.0. The van der Waals surface area contributed by atoms with Gasteiger partial charge in [0.25, 0.3) is 0 Å². The third kappa shape index (κ3) is 1.80. The Morgan fingerprint density at radius 3 is 2.62 bits per heavy atom. The number of nitrogen functional groups attached to an aromatic ring is 1. The van der Waals surface area contributed by atoms with Crippen LogP contribution in [0.15, 0.2) is 12.1 Å². The standard InChI is InChI=1S/C10H13NO2/c1-3-7-4-8(6(2)12)9(11)5-10(7)13/h4-5,13H,3,11H2,1-2H3. The van der Waals surface area contributed by atoms with Crippen LogP contribution < -0.4 is 5.73 Å². The highest BCUT2D eigenvalue weighted by Gasteiger charge is 2.08. The number of phenolic OH excluding ortho intramolecular Hbond substituents is 1. The number of benzene rings is 1. The molecular weight excluding hydrogens is 166 g/mol. The normalized spacial score (nSPS) is 10.0. The monoisotopic (exact) mass is 179 g/mol. The minimum absolute atomic E-state index is 0.0767. The van der Waals surface area contributed by atoms with Gasteiger partial charge in [0.05, 0.1) is 0 Å². The molecule has 1 rings (SSSR count). The maximum atomic E-state index is 11.1. The maximum Gasteiger partial charge on any atom is 0.161 e. The first-order valence-electron chi connectivity index (χ1n) is 4.18. The molecule has 0 aromatic heterocycles. The molecule has 0 bridgehead atoms. The van der Waals surface area contributed by atoms with Gasteiger partial charge in [0, 0.05) is 17.3 Å². The Morgan fingerprint density at radius 2 is 2.15 bits per heavy atom. The van der Waals surface area contributed by atoms with Crippen LogP contribution in [0.1, 0.15) is 29.8 Å². The van der Waals surface area contributed by atoms with Gasteiger partial charge in [-0.15, -0.1) is 0 Å². The summed E-state index contributed by atoms with van der Waals surface area (Å²) in [6.07, 6.45) is 0.687. The molecule has 0 amide bonds. The second-order valence-corrected chi connectivity index (χ2v) is 2.98. The molecule has 70 valence electrons. The van der Waals surface area contributed by atoms with Crippen molar-refractivity contribution in [2.75, 3.05) is 5.73 Å². The van der Waals surface area contributed by atoms with Crippen LogP contribution in [0.2, 0.25) is 0 Å². The van der Waals surface area contributed by atoms with Gasteiger partial charge < -0.3 is 10.8 Å². The molecule has 3 N–H and O–H groups in total. The first kappa shape index (κ1) is 9.58. The number of aryl methyl sites for hydroxylation is 1. The van der Waals surface area contributed by atoms with Crippen molar-refractivity contribution >= 4 is 11.5 Å². The predicted octanol–water partition coefficient (Wildman–Crippen LogP) is 1.74. The van der Waals surface area contributed by atoms with Crippen LogP contribution in [0.25, 0.3) is 0 Å². The van der Waals surface area contributed by atoms with E-state index in [2.05, 4.69) is 0 Å². The lowest BCUT2D eigenvalue weighted by molar-refractivity contribution is 0.101. The van der Waals surface area contributed by atoms with Gasteiger partial charge in [-0.1, -0.05) is 6.92 Å². The summed E-state index contributed by atoms with van der Waals surface area (Å²) in [6.45, 7) is 3.37. The lowest BCUT2D eigenvalue weighted by atomic mass is 10.0. The molecule has 0 atom stereocenters. The Bertz CT molecular complexity index is 345. The molecule has 3 nitrogen and oxygen atoms in total. The first-order valence-corrected chi connectivity index (χ1v) is 4.18. The Balaban J connectivity index is 3.30. The Labute approximate surface area is 77.2 Å². The lowest BCUT2D eigenvalue weighted by Gasteiger charge is -2.06. The molecule has 0 aliphatic heterocycles. The Hall–Kier alpha value is -1.51. The average molecular weight is 179 g/mol.